The molecular formula is C24H33N3. The minimum atomic E-state index is 0.993. The van der Waals surface area contributed by atoms with Gasteiger partial charge in [-0.25, -0.2) is 4.99 Å². The first-order valence-electron chi connectivity index (χ1n) is 10.7. The second-order valence-electron chi connectivity index (χ2n) is 7.50. The summed E-state index contributed by atoms with van der Waals surface area (Å²) in [5.74, 6) is 0. The van der Waals surface area contributed by atoms with Crippen LogP contribution < -0.4 is 0 Å². The molecule has 3 heteroatoms. The Bertz CT molecular complexity index is 759. The molecule has 0 spiro atoms. The van der Waals surface area contributed by atoms with Crippen molar-refractivity contribution in [3.8, 4) is 0 Å². The highest BCUT2D eigenvalue weighted by atomic mass is 14.8. The SMILES string of the molecule is CCCCCCCCCCCc1ccc(/C=C2/C=CC(c3ccc[nH]3)=N2)[nH]1. The smallest absolute Gasteiger partial charge is 0.0872 e. The number of nitrogens with zero attached hydrogens (tertiary/aromatic N) is 1. The molecule has 0 fully saturated rings. The molecular weight excluding hydrogens is 330 g/mol. The Morgan fingerprint density at radius 1 is 0.889 bits per heavy atom. The van der Waals surface area contributed by atoms with Crippen LogP contribution in [0.5, 0.6) is 0 Å². The van der Waals surface area contributed by atoms with Gasteiger partial charge in [-0.3, -0.25) is 0 Å². The normalized spacial score (nSPS) is 15.0. The van der Waals surface area contributed by atoms with Crippen molar-refractivity contribution in [2.45, 2.75) is 71.1 Å². The van der Waals surface area contributed by atoms with Gasteiger partial charge < -0.3 is 9.97 Å². The lowest BCUT2D eigenvalue weighted by Crippen LogP contribution is -1.92. The van der Waals surface area contributed by atoms with Gasteiger partial charge in [0, 0.05) is 17.6 Å². The van der Waals surface area contributed by atoms with Gasteiger partial charge in [0.1, 0.15) is 0 Å². The molecule has 2 aromatic rings. The van der Waals surface area contributed by atoms with Crippen LogP contribution in [0.25, 0.3) is 6.08 Å². The van der Waals surface area contributed by atoms with Crippen molar-refractivity contribution in [1.82, 2.24) is 9.97 Å². The van der Waals surface area contributed by atoms with E-state index in [0.29, 0.717) is 0 Å². The van der Waals surface area contributed by atoms with Crippen LogP contribution in [-0.4, -0.2) is 15.7 Å². The Kier molecular flexibility index (Phi) is 7.76. The Morgan fingerprint density at radius 2 is 1.67 bits per heavy atom. The fraction of sp³-hybridized carbons (Fsp3) is 0.458. The molecule has 0 bridgehead atoms. The number of aromatic amines is 2. The molecule has 0 unspecified atom stereocenters. The number of unbranched alkanes of at least 4 members (excludes halogenated alkanes) is 8. The highest BCUT2D eigenvalue weighted by molar-refractivity contribution is 6.10. The number of aryl methyl sites for hydroxylation is 1. The van der Waals surface area contributed by atoms with Gasteiger partial charge in [-0.1, -0.05) is 58.3 Å². The molecule has 0 aliphatic carbocycles. The highest BCUT2D eigenvalue weighted by Gasteiger charge is 2.07. The first-order valence-corrected chi connectivity index (χ1v) is 10.7. The first-order chi connectivity index (χ1) is 13.3. The maximum atomic E-state index is 4.67. The number of aromatic nitrogens is 2. The predicted molar refractivity (Wildman–Crippen MR) is 116 cm³/mol. The summed E-state index contributed by atoms with van der Waals surface area (Å²) in [6.45, 7) is 2.28. The topological polar surface area (TPSA) is 43.9 Å². The monoisotopic (exact) mass is 363 g/mol. The molecule has 144 valence electrons. The third kappa shape index (κ3) is 6.42. The van der Waals surface area contributed by atoms with Crippen LogP contribution in [-0.2, 0) is 6.42 Å². The van der Waals surface area contributed by atoms with Crippen LogP contribution in [0.3, 0.4) is 0 Å². The van der Waals surface area contributed by atoms with Crippen LogP contribution in [0.15, 0.2) is 53.3 Å². The summed E-state index contributed by atoms with van der Waals surface area (Å²) in [4.78, 5) is 11.4. The van der Waals surface area contributed by atoms with Gasteiger partial charge in [0.2, 0.25) is 0 Å². The van der Waals surface area contributed by atoms with Crippen molar-refractivity contribution in [1.29, 1.82) is 0 Å². The fourth-order valence-corrected chi connectivity index (χ4v) is 3.57. The molecule has 2 N–H and O–H groups in total. The average molecular weight is 364 g/mol. The van der Waals surface area contributed by atoms with Crippen LogP contribution >= 0.6 is 0 Å². The van der Waals surface area contributed by atoms with Crippen LogP contribution in [0, 0.1) is 0 Å². The summed E-state index contributed by atoms with van der Waals surface area (Å²) >= 11 is 0. The summed E-state index contributed by atoms with van der Waals surface area (Å²) < 4.78 is 0. The van der Waals surface area contributed by atoms with E-state index in [-0.39, 0.29) is 0 Å². The number of hydrogen-bond acceptors (Lipinski definition) is 1. The molecule has 0 aromatic carbocycles. The lowest BCUT2D eigenvalue weighted by Gasteiger charge is -2.01. The first kappa shape index (κ1) is 19.5. The number of rotatable bonds is 12. The molecule has 0 saturated carbocycles. The minimum absolute atomic E-state index is 0.993. The maximum Gasteiger partial charge on any atom is 0.0872 e. The maximum absolute atomic E-state index is 4.67. The lowest BCUT2D eigenvalue weighted by molar-refractivity contribution is 0.564. The molecule has 1 aliphatic rings. The Labute approximate surface area is 163 Å². The van der Waals surface area contributed by atoms with Gasteiger partial charge in [-0.15, -0.1) is 0 Å². The van der Waals surface area contributed by atoms with Gasteiger partial charge in [-0.2, -0.15) is 0 Å². The zero-order valence-electron chi connectivity index (χ0n) is 16.6. The molecule has 2 aromatic heterocycles. The highest BCUT2D eigenvalue weighted by Crippen LogP contribution is 2.18. The summed E-state index contributed by atoms with van der Waals surface area (Å²) in [6, 6.07) is 8.42. The van der Waals surface area contributed by atoms with E-state index in [0.717, 1.165) is 29.2 Å². The Hall–Kier alpha value is -2.29. The second kappa shape index (κ2) is 10.8. The summed E-state index contributed by atoms with van der Waals surface area (Å²) in [5, 5.41) is 0. The molecule has 0 amide bonds. The summed E-state index contributed by atoms with van der Waals surface area (Å²) in [7, 11) is 0. The van der Waals surface area contributed by atoms with Gasteiger partial charge in [0.15, 0.2) is 0 Å². The number of aliphatic imine (C=N–C) groups is 1. The molecule has 3 rings (SSSR count). The van der Waals surface area contributed by atoms with E-state index in [4.69, 9.17) is 0 Å². The molecule has 0 atom stereocenters. The van der Waals surface area contributed by atoms with E-state index in [1.54, 1.807) is 0 Å². The van der Waals surface area contributed by atoms with Crippen LogP contribution in [0.2, 0.25) is 0 Å². The van der Waals surface area contributed by atoms with Crippen molar-refractivity contribution in [2.75, 3.05) is 0 Å². The zero-order chi connectivity index (χ0) is 18.7. The molecule has 0 radical (unpaired) electrons. The average Bonchev–Trinajstić information content (AvgIpc) is 3.42. The van der Waals surface area contributed by atoms with Crippen LogP contribution in [0.4, 0.5) is 0 Å². The predicted octanol–water partition coefficient (Wildman–Crippen LogP) is 6.82. The molecule has 3 nitrogen and oxygen atoms in total. The number of nitrogens with one attached hydrogen (secondary N) is 2. The molecule has 0 saturated heterocycles. The molecule has 1 aliphatic heterocycles. The summed E-state index contributed by atoms with van der Waals surface area (Å²) in [5.41, 5.74) is 5.52. The van der Waals surface area contributed by atoms with E-state index in [1.165, 1.54) is 63.5 Å². The van der Waals surface area contributed by atoms with Gasteiger partial charge in [0.25, 0.3) is 0 Å². The third-order valence-electron chi connectivity index (χ3n) is 5.16. The van der Waals surface area contributed by atoms with Crippen molar-refractivity contribution < 1.29 is 0 Å². The van der Waals surface area contributed by atoms with E-state index in [9.17, 15) is 0 Å². The fourth-order valence-electron chi connectivity index (χ4n) is 3.57. The quantitative estimate of drug-likeness (QED) is 0.389. The van der Waals surface area contributed by atoms with E-state index >= 15 is 0 Å². The van der Waals surface area contributed by atoms with Crippen LogP contribution in [0.1, 0.15) is 81.8 Å². The second-order valence-corrected chi connectivity index (χ2v) is 7.50. The summed E-state index contributed by atoms with van der Waals surface area (Å²) in [6.07, 6.45) is 21.7. The minimum Gasteiger partial charge on any atom is -0.360 e. The largest absolute Gasteiger partial charge is 0.360 e. The standard InChI is InChI=1S/C24H33N3/c1-2-3-4-5-6-7-8-9-10-12-20-14-15-21(26-20)19-22-16-17-24(27-22)23-13-11-18-25-23/h11,13-19,25-26H,2-10,12H2,1H3/b22-19-. The number of hydrogen-bond donors (Lipinski definition) is 2. The van der Waals surface area contributed by atoms with E-state index < -0.39 is 0 Å². The third-order valence-corrected chi connectivity index (χ3v) is 5.16. The van der Waals surface area contributed by atoms with Crippen molar-refractivity contribution in [3.63, 3.8) is 0 Å². The van der Waals surface area contributed by atoms with Gasteiger partial charge in [0.05, 0.1) is 17.1 Å². The number of allylic oxidation sites excluding steroid dienone is 2. The van der Waals surface area contributed by atoms with E-state index in [2.05, 4.69) is 52.2 Å². The van der Waals surface area contributed by atoms with Crippen molar-refractivity contribution >= 4 is 11.8 Å². The van der Waals surface area contributed by atoms with E-state index in [1.807, 2.05) is 18.3 Å². The van der Waals surface area contributed by atoms with Gasteiger partial charge in [-0.05, 0) is 55.3 Å². The molecule has 27 heavy (non-hydrogen) atoms. The van der Waals surface area contributed by atoms with Crippen molar-refractivity contribution in [3.05, 3.63) is 65.4 Å². The Balaban J connectivity index is 1.36. The lowest BCUT2D eigenvalue weighted by atomic mass is 10.1. The zero-order valence-corrected chi connectivity index (χ0v) is 16.6. The van der Waals surface area contributed by atoms with Crippen molar-refractivity contribution in [2.24, 2.45) is 4.99 Å². The molecule has 3 heterocycles. The van der Waals surface area contributed by atoms with Gasteiger partial charge >= 0.3 is 0 Å². The Morgan fingerprint density at radius 3 is 2.41 bits per heavy atom. The number of H-pyrrole nitrogens is 2.